The Morgan fingerprint density at radius 3 is 2.72 bits per heavy atom. The molecule has 3 heterocycles. The zero-order valence-corrected chi connectivity index (χ0v) is 16.1. The Bertz CT molecular complexity index is 1210. The zero-order chi connectivity index (χ0) is 20.1. The number of nitriles is 1. The molecule has 0 unspecified atom stereocenters. The summed E-state index contributed by atoms with van der Waals surface area (Å²) in [5.74, 6) is 1.31. The fourth-order valence-electron chi connectivity index (χ4n) is 3.57. The molecule has 0 saturated heterocycles. The second-order valence-electron chi connectivity index (χ2n) is 7.01. The first-order valence-corrected chi connectivity index (χ1v) is 10.0. The molecule has 29 heavy (non-hydrogen) atoms. The first-order chi connectivity index (χ1) is 14.1. The van der Waals surface area contributed by atoms with E-state index in [4.69, 9.17) is 20.9 Å². The maximum absolute atomic E-state index is 12.9. The van der Waals surface area contributed by atoms with Crippen LogP contribution < -0.4 is 26.3 Å². The van der Waals surface area contributed by atoms with Gasteiger partial charge in [-0.3, -0.25) is 4.79 Å². The maximum Gasteiger partial charge on any atom is 0.267 e. The third-order valence-electron chi connectivity index (χ3n) is 5.05. The molecule has 1 amide bonds. The Morgan fingerprint density at radius 1 is 1.24 bits per heavy atom. The smallest absolute Gasteiger partial charge is 0.267 e. The molecular formula is C20H17N5O3S. The van der Waals surface area contributed by atoms with Gasteiger partial charge in [0.1, 0.15) is 34.8 Å². The number of carbonyl (C=O) groups excluding carboxylic acids is 1. The van der Waals surface area contributed by atoms with E-state index in [1.807, 2.05) is 0 Å². The van der Waals surface area contributed by atoms with E-state index < -0.39 is 0 Å². The summed E-state index contributed by atoms with van der Waals surface area (Å²) in [5.41, 5.74) is 14.4. The highest BCUT2D eigenvalue weighted by Gasteiger charge is 2.33. The molecule has 8 nitrogen and oxygen atoms in total. The van der Waals surface area contributed by atoms with Gasteiger partial charge in [0.25, 0.3) is 5.91 Å². The topological polar surface area (TPSA) is 136 Å². The summed E-state index contributed by atoms with van der Waals surface area (Å²) in [6.07, 6.45) is 1.95. The summed E-state index contributed by atoms with van der Waals surface area (Å²) in [4.78, 5) is 18.2. The van der Waals surface area contributed by atoms with Gasteiger partial charge in [-0.2, -0.15) is 5.26 Å². The molecule has 1 fully saturated rings. The summed E-state index contributed by atoms with van der Waals surface area (Å²) < 4.78 is 11.1. The molecular weight excluding hydrogens is 390 g/mol. The fraction of sp³-hybridized carbons (Fsp3) is 0.250. The van der Waals surface area contributed by atoms with Gasteiger partial charge >= 0.3 is 0 Å². The van der Waals surface area contributed by atoms with Crippen LogP contribution in [0.4, 0.5) is 17.2 Å². The number of nitrogens with zero attached hydrogens (tertiary/aromatic N) is 2. The van der Waals surface area contributed by atoms with E-state index in [2.05, 4.69) is 16.4 Å². The summed E-state index contributed by atoms with van der Waals surface area (Å²) in [7, 11) is 0. The first kappa shape index (κ1) is 17.6. The van der Waals surface area contributed by atoms with Crippen molar-refractivity contribution in [2.75, 3.05) is 30.0 Å². The Kier molecular flexibility index (Phi) is 3.96. The molecule has 0 radical (unpaired) electrons. The number of thiophene rings is 1. The van der Waals surface area contributed by atoms with Crippen molar-refractivity contribution in [1.29, 1.82) is 5.26 Å². The molecule has 1 aliphatic carbocycles. The van der Waals surface area contributed by atoms with Gasteiger partial charge in [0.05, 0.1) is 11.3 Å². The second kappa shape index (κ2) is 6.53. The molecule has 1 saturated carbocycles. The Labute approximate surface area is 170 Å². The number of amides is 1. The SMILES string of the molecule is N#Cc1c(N)nc2sc(C(=O)Nc3ccc4c(c3)OCCO4)c(N)c2c1C1CC1. The molecule has 9 heteroatoms. The molecule has 5 N–H and O–H groups in total. The first-order valence-electron chi connectivity index (χ1n) is 9.19. The number of rotatable bonds is 3. The quantitative estimate of drug-likeness (QED) is 0.606. The Morgan fingerprint density at radius 2 is 2.00 bits per heavy atom. The average Bonchev–Trinajstić information content (AvgIpc) is 3.51. The number of nitrogens with two attached hydrogens (primary N) is 2. The minimum absolute atomic E-state index is 0.182. The van der Waals surface area contributed by atoms with Crippen molar-refractivity contribution in [1.82, 2.24) is 4.98 Å². The highest BCUT2D eigenvalue weighted by Crippen LogP contribution is 2.49. The van der Waals surface area contributed by atoms with Gasteiger partial charge in [0.15, 0.2) is 11.5 Å². The van der Waals surface area contributed by atoms with Gasteiger partial charge in [-0.1, -0.05) is 0 Å². The predicted octanol–water partition coefficient (Wildman–Crippen LogP) is 3.23. The van der Waals surface area contributed by atoms with Crippen LogP contribution in [0.5, 0.6) is 11.5 Å². The summed E-state index contributed by atoms with van der Waals surface area (Å²) >= 11 is 1.18. The minimum Gasteiger partial charge on any atom is -0.486 e. The lowest BCUT2D eigenvalue weighted by molar-refractivity contribution is 0.103. The number of ether oxygens (including phenoxy) is 2. The van der Waals surface area contributed by atoms with Crippen molar-refractivity contribution in [3.05, 3.63) is 34.2 Å². The van der Waals surface area contributed by atoms with Gasteiger partial charge < -0.3 is 26.3 Å². The molecule has 0 atom stereocenters. The van der Waals surface area contributed by atoms with Gasteiger partial charge in [0, 0.05) is 17.1 Å². The molecule has 1 aromatic carbocycles. The summed E-state index contributed by atoms with van der Waals surface area (Å²) in [6, 6.07) is 7.36. The van der Waals surface area contributed by atoms with Crippen molar-refractivity contribution in [3.8, 4) is 17.6 Å². The van der Waals surface area contributed by atoms with Crippen LogP contribution in [0.25, 0.3) is 10.2 Å². The number of hydrogen-bond acceptors (Lipinski definition) is 8. The van der Waals surface area contributed by atoms with Crippen molar-refractivity contribution in [3.63, 3.8) is 0 Å². The Hall–Kier alpha value is -3.51. The van der Waals surface area contributed by atoms with Gasteiger partial charge in [-0.15, -0.1) is 11.3 Å². The molecule has 0 spiro atoms. The van der Waals surface area contributed by atoms with E-state index in [1.54, 1.807) is 18.2 Å². The molecule has 2 aromatic heterocycles. The number of benzene rings is 1. The van der Waals surface area contributed by atoms with E-state index in [0.717, 1.165) is 18.4 Å². The number of nitrogens with one attached hydrogen (secondary N) is 1. The lowest BCUT2D eigenvalue weighted by atomic mass is 10.0. The highest BCUT2D eigenvalue weighted by atomic mass is 32.1. The van der Waals surface area contributed by atoms with Crippen LogP contribution in [0, 0.1) is 11.3 Å². The minimum atomic E-state index is -0.346. The molecule has 2 aliphatic rings. The second-order valence-corrected chi connectivity index (χ2v) is 8.01. The van der Waals surface area contributed by atoms with E-state index in [1.165, 1.54) is 11.3 Å². The lowest BCUT2D eigenvalue weighted by Gasteiger charge is -2.18. The van der Waals surface area contributed by atoms with Crippen LogP contribution in [-0.4, -0.2) is 24.1 Å². The van der Waals surface area contributed by atoms with E-state index in [0.29, 0.717) is 56.7 Å². The van der Waals surface area contributed by atoms with Gasteiger partial charge in [-0.25, -0.2) is 4.98 Å². The molecule has 3 aromatic rings. The van der Waals surface area contributed by atoms with Crippen LogP contribution in [0.2, 0.25) is 0 Å². The number of nitrogen functional groups attached to an aromatic ring is 2. The van der Waals surface area contributed by atoms with E-state index in [9.17, 15) is 10.1 Å². The molecule has 0 bridgehead atoms. The lowest BCUT2D eigenvalue weighted by Crippen LogP contribution is -2.16. The summed E-state index contributed by atoms with van der Waals surface area (Å²) in [5, 5.41) is 13.1. The summed E-state index contributed by atoms with van der Waals surface area (Å²) in [6.45, 7) is 0.965. The van der Waals surface area contributed by atoms with E-state index in [-0.39, 0.29) is 17.6 Å². The normalized spacial score (nSPS) is 15.1. The number of fused-ring (bicyclic) bond motifs is 2. The molecule has 1 aliphatic heterocycles. The van der Waals surface area contributed by atoms with Crippen LogP contribution >= 0.6 is 11.3 Å². The third kappa shape index (κ3) is 2.89. The number of hydrogen-bond donors (Lipinski definition) is 3. The largest absolute Gasteiger partial charge is 0.486 e. The van der Waals surface area contributed by atoms with Crippen molar-refractivity contribution >= 4 is 44.7 Å². The van der Waals surface area contributed by atoms with Gasteiger partial charge in [0.2, 0.25) is 0 Å². The predicted molar refractivity (Wildman–Crippen MR) is 111 cm³/mol. The fourth-order valence-corrected chi connectivity index (χ4v) is 4.59. The van der Waals surface area contributed by atoms with Crippen LogP contribution in [0.3, 0.4) is 0 Å². The van der Waals surface area contributed by atoms with Crippen molar-refractivity contribution in [2.24, 2.45) is 0 Å². The Balaban J connectivity index is 1.54. The van der Waals surface area contributed by atoms with Crippen LogP contribution in [-0.2, 0) is 0 Å². The van der Waals surface area contributed by atoms with Crippen LogP contribution in [0.1, 0.15) is 39.6 Å². The third-order valence-corrected chi connectivity index (χ3v) is 6.15. The number of pyridine rings is 1. The number of carbonyl (C=O) groups is 1. The number of anilines is 3. The number of aromatic nitrogens is 1. The molecule has 5 rings (SSSR count). The van der Waals surface area contributed by atoms with E-state index >= 15 is 0 Å². The maximum atomic E-state index is 12.9. The highest BCUT2D eigenvalue weighted by molar-refractivity contribution is 7.21. The van der Waals surface area contributed by atoms with Crippen molar-refractivity contribution in [2.45, 2.75) is 18.8 Å². The van der Waals surface area contributed by atoms with Crippen molar-refractivity contribution < 1.29 is 14.3 Å². The average molecular weight is 407 g/mol. The van der Waals surface area contributed by atoms with Crippen LogP contribution in [0.15, 0.2) is 18.2 Å². The van der Waals surface area contributed by atoms with Gasteiger partial charge in [-0.05, 0) is 36.5 Å². The molecule has 146 valence electrons. The zero-order valence-electron chi connectivity index (χ0n) is 15.3. The monoisotopic (exact) mass is 407 g/mol. The standard InChI is InChI=1S/C20H17N5O3S/c21-8-11-14(9-1-2-9)15-16(22)17(29-20(15)25-18(11)23)19(26)24-10-3-4-12-13(7-10)28-6-5-27-12/h3-4,7,9H,1-2,5-6,22H2,(H2,23,25)(H,24,26).